The zero-order chi connectivity index (χ0) is 29.3. The van der Waals surface area contributed by atoms with E-state index in [-0.39, 0.29) is 6.42 Å². The summed E-state index contributed by atoms with van der Waals surface area (Å²) >= 11 is 1.58. The number of hydrogen-bond donors (Lipinski definition) is 2. The van der Waals surface area contributed by atoms with Crippen molar-refractivity contribution in [3.63, 3.8) is 0 Å². The molecule has 5 aromatic rings. The first kappa shape index (κ1) is 28.6. The van der Waals surface area contributed by atoms with E-state index in [0.29, 0.717) is 18.7 Å². The molecule has 212 valence electrons. The van der Waals surface area contributed by atoms with Gasteiger partial charge in [0.2, 0.25) is 0 Å². The third-order valence-corrected chi connectivity index (χ3v) is 7.72. The first-order chi connectivity index (χ1) is 20.5. The predicted octanol–water partition coefficient (Wildman–Crippen LogP) is 6.45. The largest absolute Gasteiger partial charge is 0.497 e. The van der Waals surface area contributed by atoms with Gasteiger partial charge in [0.1, 0.15) is 11.8 Å². The van der Waals surface area contributed by atoms with Crippen molar-refractivity contribution >= 4 is 28.3 Å². The number of aliphatic carboxylic acids is 1. The molecule has 0 spiro atoms. The van der Waals surface area contributed by atoms with Crippen LogP contribution in [0.25, 0.3) is 11.3 Å². The van der Waals surface area contributed by atoms with Crippen molar-refractivity contribution in [3.8, 4) is 17.0 Å². The normalized spacial score (nSPS) is 11.5. The summed E-state index contributed by atoms with van der Waals surface area (Å²) < 4.78 is 5.38. The molecule has 42 heavy (non-hydrogen) atoms. The SMILES string of the molecule is COc1cccc(-c2csc(N(Cc3ccccc3)Cc3ccc(C(=O)NC(Cc4ccccc4)C(=O)O)cc3)n2)c1. The van der Waals surface area contributed by atoms with Crippen molar-refractivity contribution in [3.05, 3.63) is 137 Å². The maximum absolute atomic E-state index is 12.9. The second-order valence-corrected chi connectivity index (χ2v) is 10.7. The van der Waals surface area contributed by atoms with Crippen molar-refractivity contribution in [2.24, 2.45) is 0 Å². The Balaban J connectivity index is 1.31. The molecule has 0 aliphatic heterocycles. The first-order valence-electron chi connectivity index (χ1n) is 13.5. The van der Waals surface area contributed by atoms with Gasteiger partial charge in [-0.15, -0.1) is 11.3 Å². The van der Waals surface area contributed by atoms with Gasteiger partial charge in [0.05, 0.1) is 12.8 Å². The second-order valence-electron chi connectivity index (χ2n) is 9.84. The Hall–Kier alpha value is -4.95. The standard InChI is InChI=1S/C34H31N3O4S/c1-41-29-14-8-13-28(20-29)31-23-42-34(36-31)37(21-25-11-6-3-7-12-25)22-26-15-17-27(18-16-26)32(38)35-30(33(39)40)19-24-9-4-2-5-10-24/h2-18,20,23,30H,19,21-22H2,1H3,(H,35,38)(H,39,40). The number of hydrogen-bond acceptors (Lipinski definition) is 6. The van der Waals surface area contributed by atoms with Gasteiger partial charge in [-0.1, -0.05) is 84.9 Å². The molecule has 0 aliphatic carbocycles. The number of amides is 1. The van der Waals surface area contributed by atoms with Gasteiger partial charge in [0.15, 0.2) is 5.13 Å². The van der Waals surface area contributed by atoms with Crippen LogP contribution in [0.15, 0.2) is 115 Å². The van der Waals surface area contributed by atoms with Crippen molar-refractivity contribution in [1.82, 2.24) is 10.3 Å². The molecule has 5 rings (SSSR count). The topological polar surface area (TPSA) is 91.8 Å². The number of rotatable bonds is 12. The van der Waals surface area contributed by atoms with Crippen molar-refractivity contribution in [2.75, 3.05) is 12.0 Å². The van der Waals surface area contributed by atoms with Crippen LogP contribution in [0, 0.1) is 0 Å². The minimum Gasteiger partial charge on any atom is -0.497 e. The summed E-state index contributed by atoms with van der Waals surface area (Å²) in [4.78, 5) is 31.9. The van der Waals surface area contributed by atoms with Crippen LogP contribution in [0.2, 0.25) is 0 Å². The molecule has 1 heterocycles. The number of nitrogens with one attached hydrogen (secondary N) is 1. The second kappa shape index (κ2) is 13.6. The number of nitrogens with zero attached hydrogens (tertiary/aromatic N) is 2. The van der Waals surface area contributed by atoms with Crippen molar-refractivity contribution in [2.45, 2.75) is 25.6 Å². The van der Waals surface area contributed by atoms with Gasteiger partial charge >= 0.3 is 5.97 Å². The Morgan fingerprint density at radius 2 is 1.50 bits per heavy atom. The Labute approximate surface area is 249 Å². The molecule has 8 heteroatoms. The van der Waals surface area contributed by atoms with Gasteiger partial charge in [-0.2, -0.15) is 0 Å². The van der Waals surface area contributed by atoms with E-state index in [9.17, 15) is 14.7 Å². The summed E-state index contributed by atoms with van der Waals surface area (Å²) in [5.41, 5.74) is 5.27. The van der Waals surface area contributed by atoms with E-state index in [2.05, 4.69) is 22.3 Å². The van der Waals surface area contributed by atoms with E-state index in [1.54, 1.807) is 30.6 Å². The fraction of sp³-hybridized carbons (Fsp3) is 0.147. The number of carbonyl (C=O) groups excluding carboxylic acids is 1. The van der Waals surface area contributed by atoms with Gasteiger partial charge < -0.3 is 20.1 Å². The third-order valence-electron chi connectivity index (χ3n) is 6.82. The minimum atomic E-state index is -1.07. The summed E-state index contributed by atoms with van der Waals surface area (Å²) in [6.07, 6.45) is 0.208. The average molecular weight is 578 g/mol. The lowest BCUT2D eigenvalue weighted by molar-refractivity contribution is -0.139. The molecule has 0 fully saturated rings. The van der Waals surface area contributed by atoms with E-state index in [0.717, 1.165) is 38.8 Å². The number of anilines is 1. The maximum Gasteiger partial charge on any atom is 0.326 e. The number of aromatic nitrogens is 1. The molecule has 4 aromatic carbocycles. The highest BCUT2D eigenvalue weighted by Gasteiger charge is 2.21. The highest BCUT2D eigenvalue weighted by atomic mass is 32.1. The summed E-state index contributed by atoms with van der Waals surface area (Å²) in [6, 6.07) is 33.6. The Kier molecular flexibility index (Phi) is 9.26. The van der Waals surface area contributed by atoms with Crippen LogP contribution in [0.1, 0.15) is 27.0 Å². The molecular weight excluding hydrogens is 546 g/mol. The molecule has 1 unspecified atom stereocenters. The van der Waals surface area contributed by atoms with Crippen LogP contribution in [-0.4, -0.2) is 35.1 Å². The molecule has 0 bridgehead atoms. The Morgan fingerprint density at radius 1 is 0.857 bits per heavy atom. The molecule has 2 N–H and O–H groups in total. The van der Waals surface area contributed by atoms with Gasteiger partial charge in [0, 0.05) is 36.0 Å². The predicted molar refractivity (Wildman–Crippen MR) is 166 cm³/mol. The van der Waals surface area contributed by atoms with E-state index in [4.69, 9.17) is 9.72 Å². The van der Waals surface area contributed by atoms with Crippen LogP contribution in [0.3, 0.4) is 0 Å². The smallest absolute Gasteiger partial charge is 0.326 e. The number of thiazole rings is 1. The van der Waals surface area contributed by atoms with Gasteiger partial charge in [-0.3, -0.25) is 4.79 Å². The lowest BCUT2D eigenvalue weighted by atomic mass is 10.1. The quantitative estimate of drug-likeness (QED) is 0.177. The average Bonchev–Trinajstić information content (AvgIpc) is 3.52. The minimum absolute atomic E-state index is 0.208. The Bertz CT molecular complexity index is 1620. The van der Waals surface area contributed by atoms with Gasteiger partial charge in [0.25, 0.3) is 5.91 Å². The molecular formula is C34H31N3O4S. The molecule has 0 saturated heterocycles. The van der Waals surface area contributed by atoms with Crippen molar-refractivity contribution in [1.29, 1.82) is 0 Å². The zero-order valence-corrected chi connectivity index (χ0v) is 24.0. The summed E-state index contributed by atoms with van der Waals surface area (Å²) in [6.45, 7) is 1.24. The van der Waals surface area contributed by atoms with Crippen LogP contribution < -0.4 is 15.0 Å². The van der Waals surface area contributed by atoms with Crippen molar-refractivity contribution < 1.29 is 19.4 Å². The number of methoxy groups -OCH3 is 1. The van der Waals surface area contributed by atoms with Gasteiger partial charge in [-0.25, -0.2) is 9.78 Å². The first-order valence-corrected chi connectivity index (χ1v) is 14.4. The van der Waals surface area contributed by atoms with E-state index in [1.807, 2.05) is 90.3 Å². The van der Waals surface area contributed by atoms with Crippen LogP contribution in [0.4, 0.5) is 5.13 Å². The number of carboxylic acids is 1. The fourth-order valence-corrected chi connectivity index (χ4v) is 5.43. The number of ether oxygens (including phenoxy) is 1. The maximum atomic E-state index is 12.9. The summed E-state index contributed by atoms with van der Waals surface area (Å²) in [5, 5.41) is 15.3. The third kappa shape index (κ3) is 7.41. The highest BCUT2D eigenvalue weighted by Crippen LogP contribution is 2.31. The lowest BCUT2D eigenvalue weighted by Gasteiger charge is -2.22. The molecule has 1 atom stereocenters. The van der Waals surface area contributed by atoms with Gasteiger partial charge in [-0.05, 0) is 41.0 Å². The number of benzene rings is 4. The zero-order valence-electron chi connectivity index (χ0n) is 23.1. The number of carboxylic acid groups (broad SMARTS) is 1. The fourth-order valence-electron chi connectivity index (χ4n) is 4.59. The molecule has 1 aromatic heterocycles. The highest BCUT2D eigenvalue weighted by molar-refractivity contribution is 7.14. The molecule has 0 radical (unpaired) electrons. The van der Waals surface area contributed by atoms with Crippen LogP contribution in [-0.2, 0) is 24.3 Å². The lowest BCUT2D eigenvalue weighted by Crippen LogP contribution is -2.42. The summed E-state index contributed by atoms with van der Waals surface area (Å²) in [5.74, 6) is -0.715. The Morgan fingerprint density at radius 3 is 2.14 bits per heavy atom. The van der Waals surface area contributed by atoms with E-state index in [1.165, 1.54) is 0 Å². The molecule has 0 aliphatic rings. The summed E-state index contributed by atoms with van der Waals surface area (Å²) in [7, 11) is 1.65. The molecule has 0 saturated carbocycles. The van der Waals surface area contributed by atoms with Crippen LogP contribution in [0.5, 0.6) is 5.75 Å². The molecule has 7 nitrogen and oxygen atoms in total. The van der Waals surface area contributed by atoms with E-state index < -0.39 is 17.9 Å². The number of carbonyl (C=O) groups is 2. The van der Waals surface area contributed by atoms with E-state index >= 15 is 0 Å². The van der Waals surface area contributed by atoms with Crippen LogP contribution >= 0.6 is 11.3 Å². The monoisotopic (exact) mass is 577 g/mol. The molecule has 1 amide bonds.